The van der Waals surface area contributed by atoms with Crippen molar-refractivity contribution in [1.29, 1.82) is 0 Å². The third kappa shape index (κ3) is 3.46. The summed E-state index contributed by atoms with van der Waals surface area (Å²) in [6, 6.07) is 17.1. The molecule has 2 N–H and O–H groups in total. The van der Waals surface area contributed by atoms with Gasteiger partial charge in [-0.1, -0.05) is 24.3 Å². The zero-order valence-corrected chi connectivity index (χ0v) is 12.7. The Labute approximate surface area is 134 Å². The van der Waals surface area contributed by atoms with Gasteiger partial charge in [-0.3, -0.25) is 0 Å². The van der Waals surface area contributed by atoms with Crippen LogP contribution in [0.1, 0.15) is 5.56 Å². The van der Waals surface area contributed by atoms with Crippen molar-refractivity contribution in [3.05, 3.63) is 66.5 Å². The maximum absolute atomic E-state index is 9.21. The summed E-state index contributed by atoms with van der Waals surface area (Å²) >= 11 is 0. The molecule has 0 aliphatic heterocycles. The largest absolute Gasteiger partial charge is 0.496 e. The summed E-state index contributed by atoms with van der Waals surface area (Å²) in [4.78, 5) is 8.57. The van der Waals surface area contributed by atoms with E-state index in [0.717, 1.165) is 28.3 Å². The molecular formula is C18H17N3O2. The van der Waals surface area contributed by atoms with Crippen molar-refractivity contribution in [2.45, 2.75) is 6.61 Å². The van der Waals surface area contributed by atoms with Crippen molar-refractivity contribution in [2.24, 2.45) is 0 Å². The van der Waals surface area contributed by atoms with E-state index in [-0.39, 0.29) is 6.61 Å². The number of benzene rings is 2. The van der Waals surface area contributed by atoms with Crippen LogP contribution in [0.25, 0.3) is 11.3 Å². The molecule has 0 unspecified atom stereocenters. The first-order valence-electron chi connectivity index (χ1n) is 7.22. The Morgan fingerprint density at radius 3 is 2.74 bits per heavy atom. The summed E-state index contributed by atoms with van der Waals surface area (Å²) < 4.78 is 5.38. The molecule has 0 saturated carbocycles. The van der Waals surface area contributed by atoms with E-state index >= 15 is 0 Å². The van der Waals surface area contributed by atoms with E-state index in [0.29, 0.717) is 5.82 Å². The lowest BCUT2D eigenvalue weighted by Gasteiger charge is -2.10. The average Bonchev–Trinajstić information content (AvgIpc) is 2.62. The molecule has 0 spiro atoms. The van der Waals surface area contributed by atoms with E-state index in [1.165, 1.54) is 6.33 Å². The Morgan fingerprint density at radius 1 is 1.04 bits per heavy atom. The number of nitrogens with zero attached hydrogens (tertiary/aromatic N) is 2. The number of aromatic nitrogens is 2. The monoisotopic (exact) mass is 307 g/mol. The predicted molar refractivity (Wildman–Crippen MR) is 89.7 cm³/mol. The molecule has 5 nitrogen and oxygen atoms in total. The highest BCUT2D eigenvalue weighted by molar-refractivity contribution is 5.70. The van der Waals surface area contributed by atoms with E-state index in [9.17, 15) is 5.11 Å². The molecule has 3 rings (SSSR count). The first kappa shape index (κ1) is 15.0. The minimum Gasteiger partial charge on any atom is -0.496 e. The molecule has 0 radical (unpaired) electrons. The second-order valence-corrected chi connectivity index (χ2v) is 4.97. The fourth-order valence-electron chi connectivity index (χ4n) is 2.32. The topological polar surface area (TPSA) is 67.3 Å². The summed E-state index contributed by atoms with van der Waals surface area (Å²) in [5.74, 6) is 1.44. The number of aliphatic hydroxyl groups is 1. The van der Waals surface area contributed by atoms with Gasteiger partial charge in [-0.25, -0.2) is 9.97 Å². The Bertz CT molecular complexity index is 806. The van der Waals surface area contributed by atoms with E-state index in [4.69, 9.17) is 4.74 Å². The fourth-order valence-corrected chi connectivity index (χ4v) is 2.32. The molecule has 0 aliphatic rings. The number of ether oxygens (including phenoxy) is 1. The van der Waals surface area contributed by atoms with Gasteiger partial charge in [0, 0.05) is 17.3 Å². The summed E-state index contributed by atoms with van der Waals surface area (Å²) in [5, 5.41) is 12.4. The maximum atomic E-state index is 9.21. The molecule has 116 valence electrons. The Hall–Kier alpha value is -2.92. The Balaban J connectivity index is 1.90. The van der Waals surface area contributed by atoms with Crippen LogP contribution in [0.5, 0.6) is 5.75 Å². The van der Waals surface area contributed by atoms with Crippen LogP contribution >= 0.6 is 0 Å². The van der Waals surface area contributed by atoms with Crippen LogP contribution in [-0.4, -0.2) is 22.2 Å². The van der Waals surface area contributed by atoms with Gasteiger partial charge < -0.3 is 15.2 Å². The summed E-state index contributed by atoms with van der Waals surface area (Å²) in [6.45, 7) is 0.00571. The molecule has 0 bridgehead atoms. The molecule has 2 aromatic carbocycles. The zero-order valence-electron chi connectivity index (χ0n) is 12.7. The van der Waals surface area contributed by atoms with E-state index < -0.39 is 0 Å². The third-order valence-electron chi connectivity index (χ3n) is 3.43. The van der Waals surface area contributed by atoms with Gasteiger partial charge in [0.1, 0.15) is 17.9 Å². The van der Waals surface area contributed by atoms with Crippen LogP contribution in [0, 0.1) is 0 Å². The Kier molecular flexibility index (Phi) is 4.49. The SMILES string of the molecule is COc1ccccc1-c1cc(Nc2cccc(CO)c2)ncn1. The van der Waals surface area contributed by atoms with Gasteiger partial charge in [0.25, 0.3) is 0 Å². The summed E-state index contributed by atoms with van der Waals surface area (Å²) in [7, 11) is 1.64. The highest BCUT2D eigenvalue weighted by Gasteiger charge is 2.07. The van der Waals surface area contributed by atoms with Crippen molar-refractivity contribution in [3.8, 4) is 17.0 Å². The number of anilines is 2. The lowest BCUT2D eigenvalue weighted by molar-refractivity contribution is 0.282. The highest BCUT2D eigenvalue weighted by Crippen LogP contribution is 2.29. The highest BCUT2D eigenvalue weighted by atomic mass is 16.5. The van der Waals surface area contributed by atoms with Crippen molar-refractivity contribution in [1.82, 2.24) is 9.97 Å². The second kappa shape index (κ2) is 6.89. The van der Waals surface area contributed by atoms with Crippen LogP contribution in [0.15, 0.2) is 60.9 Å². The number of hydrogen-bond acceptors (Lipinski definition) is 5. The molecule has 1 aromatic heterocycles. The lowest BCUT2D eigenvalue weighted by Crippen LogP contribution is -1.97. The van der Waals surface area contributed by atoms with Crippen LogP contribution in [0.2, 0.25) is 0 Å². The molecule has 1 heterocycles. The van der Waals surface area contributed by atoms with Crippen molar-refractivity contribution >= 4 is 11.5 Å². The first-order chi connectivity index (χ1) is 11.3. The van der Waals surface area contributed by atoms with Crippen LogP contribution in [0.4, 0.5) is 11.5 Å². The molecule has 0 aliphatic carbocycles. The number of rotatable bonds is 5. The smallest absolute Gasteiger partial charge is 0.134 e. The molecule has 0 saturated heterocycles. The minimum atomic E-state index is 0.00571. The number of aliphatic hydroxyl groups excluding tert-OH is 1. The zero-order chi connectivity index (χ0) is 16.1. The van der Waals surface area contributed by atoms with Gasteiger partial charge in [-0.15, -0.1) is 0 Å². The van der Waals surface area contributed by atoms with Gasteiger partial charge >= 0.3 is 0 Å². The van der Waals surface area contributed by atoms with E-state index in [1.807, 2.05) is 54.6 Å². The van der Waals surface area contributed by atoms with Crippen LogP contribution in [0.3, 0.4) is 0 Å². The molecule has 23 heavy (non-hydrogen) atoms. The van der Waals surface area contributed by atoms with Gasteiger partial charge in [0.05, 0.1) is 19.4 Å². The molecule has 0 amide bonds. The second-order valence-electron chi connectivity index (χ2n) is 4.97. The quantitative estimate of drug-likeness (QED) is 0.756. The van der Waals surface area contributed by atoms with Gasteiger partial charge in [0.2, 0.25) is 0 Å². The Morgan fingerprint density at radius 2 is 1.91 bits per heavy atom. The lowest BCUT2D eigenvalue weighted by atomic mass is 10.1. The summed E-state index contributed by atoms with van der Waals surface area (Å²) in [6.07, 6.45) is 1.51. The number of hydrogen-bond donors (Lipinski definition) is 2. The molecule has 0 fully saturated rings. The van der Waals surface area contributed by atoms with Gasteiger partial charge in [0.15, 0.2) is 0 Å². The molecule has 0 atom stereocenters. The van der Waals surface area contributed by atoms with E-state index in [2.05, 4.69) is 15.3 Å². The maximum Gasteiger partial charge on any atom is 0.134 e. The average molecular weight is 307 g/mol. The molecule has 3 aromatic rings. The fraction of sp³-hybridized carbons (Fsp3) is 0.111. The van der Waals surface area contributed by atoms with E-state index in [1.54, 1.807) is 7.11 Å². The van der Waals surface area contributed by atoms with Gasteiger partial charge in [-0.2, -0.15) is 0 Å². The van der Waals surface area contributed by atoms with Crippen molar-refractivity contribution in [2.75, 3.05) is 12.4 Å². The van der Waals surface area contributed by atoms with Crippen LogP contribution < -0.4 is 10.1 Å². The van der Waals surface area contributed by atoms with Crippen molar-refractivity contribution in [3.63, 3.8) is 0 Å². The molecular weight excluding hydrogens is 290 g/mol. The first-order valence-corrected chi connectivity index (χ1v) is 7.22. The number of para-hydroxylation sites is 1. The van der Waals surface area contributed by atoms with Crippen molar-refractivity contribution < 1.29 is 9.84 Å². The standard InChI is InChI=1S/C18H17N3O2/c1-23-17-8-3-2-7-15(17)16-10-18(20-12-19-16)21-14-6-4-5-13(9-14)11-22/h2-10,12,22H,11H2,1H3,(H,19,20,21). The van der Waals surface area contributed by atoms with Crippen LogP contribution in [-0.2, 0) is 6.61 Å². The predicted octanol–water partition coefficient (Wildman–Crippen LogP) is 3.39. The molecule has 5 heteroatoms. The third-order valence-corrected chi connectivity index (χ3v) is 3.43. The number of nitrogens with one attached hydrogen (secondary N) is 1. The summed E-state index contributed by atoms with van der Waals surface area (Å²) in [5.41, 5.74) is 3.39. The van der Waals surface area contributed by atoms with Gasteiger partial charge in [-0.05, 0) is 29.8 Å². The normalized spacial score (nSPS) is 10.3. The number of methoxy groups -OCH3 is 1. The minimum absolute atomic E-state index is 0.00571.